The highest BCUT2D eigenvalue weighted by Crippen LogP contribution is 2.37. The van der Waals surface area contributed by atoms with Crippen LogP contribution in [0.25, 0.3) is 0 Å². The molecule has 2 heterocycles. The summed E-state index contributed by atoms with van der Waals surface area (Å²) in [5.41, 5.74) is 0.586. The summed E-state index contributed by atoms with van der Waals surface area (Å²) in [7, 11) is 0. The molecule has 0 amide bonds. The Kier molecular flexibility index (Phi) is 3.27. The highest BCUT2D eigenvalue weighted by molar-refractivity contribution is 5.19. The molecule has 4 atom stereocenters. The molecular weight excluding hydrogens is 240 g/mol. The zero-order valence-electron chi connectivity index (χ0n) is 11.0. The summed E-state index contributed by atoms with van der Waals surface area (Å²) in [6.45, 7) is 6.28. The summed E-state index contributed by atoms with van der Waals surface area (Å²) in [6.07, 6.45) is 5.32. The lowest BCUT2D eigenvalue weighted by Gasteiger charge is -2.45. The molecule has 0 bridgehead atoms. The van der Waals surface area contributed by atoms with Crippen LogP contribution in [0, 0.1) is 0 Å². The van der Waals surface area contributed by atoms with Crippen LogP contribution in [0.15, 0.2) is 55.1 Å². The molecule has 0 saturated carbocycles. The van der Waals surface area contributed by atoms with Gasteiger partial charge in [0.2, 0.25) is 0 Å². The van der Waals surface area contributed by atoms with E-state index in [1.54, 1.807) is 6.08 Å². The molecule has 0 aliphatic carbocycles. The molecule has 3 rings (SSSR count). The van der Waals surface area contributed by atoms with Gasteiger partial charge in [-0.3, -0.25) is 0 Å². The summed E-state index contributed by atoms with van der Waals surface area (Å²) in [6, 6.07) is 9.96. The van der Waals surface area contributed by atoms with E-state index in [-0.39, 0.29) is 18.5 Å². The fourth-order valence-electron chi connectivity index (χ4n) is 2.46. The Morgan fingerprint density at radius 1 is 1.26 bits per heavy atom. The number of rotatable bonds is 2. The zero-order valence-corrected chi connectivity index (χ0v) is 11.0. The maximum atomic E-state index is 6.00. The van der Waals surface area contributed by atoms with Crippen LogP contribution in [0.2, 0.25) is 0 Å². The number of benzene rings is 1. The third-order valence-electron chi connectivity index (χ3n) is 3.58. The van der Waals surface area contributed by atoms with Gasteiger partial charge in [-0.1, -0.05) is 48.6 Å². The molecule has 0 unspecified atom stereocenters. The van der Waals surface area contributed by atoms with Crippen LogP contribution >= 0.6 is 0 Å². The molecule has 1 aromatic rings. The summed E-state index contributed by atoms with van der Waals surface area (Å²) >= 11 is 0. The normalized spacial score (nSPS) is 37.6. The second-order valence-corrected chi connectivity index (χ2v) is 5.13. The van der Waals surface area contributed by atoms with Crippen molar-refractivity contribution in [2.75, 3.05) is 6.61 Å². The summed E-state index contributed by atoms with van der Waals surface area (Å²) in [5.74, 6) is 0. The molecule has 0 spiro atoms. The van der Waals surface area contributed by atoms with Gasteiger partial charge in [-0.2, -0.15) is 0 Å². The van der Waals surface area contributed by atoms with Crippen molar-refractivity contribution in [3.8, 4) is 0 Å². The van der Waals surface area contributed by atoms with Crippen LogP contribution in [0.1, 0.15) is 18.8 Å². The molecule has 0 N–H and O–H groups in total. The third-order valence-corrected chi connectivity index (χ3v) is 3.58. The lowest BCUT2D eigenvalue weighted by Crippen LogP contribution is -2.54. The molecule has 19 heavy (non-hydrogen) atoms. The average Bonchev–Trinajstić information content (AvgIpc) is 2.46. The second kappa shape index (κ2) is 4.93. The van der Waals surface area contributed by atoms with E-state index < -0.39 is 5.60 Å². The minimum absolute atomic E-state index is 0.0678. The minimum atomic E-state index is -0.446. The first-order valence-corrected chi connectivity index (χ1v) is 6.52. The van der Waals surface area contributed by atoms with Crippen molar-refractivity contribution in [3.05, 3.63) is 60.7 Å². The van der Waals surface area contributed by atoms with E-state index in [1.807, 2.05) is 49.4 Å². The van der Waals surface area contributed by atoms with E-state index in [9.17, 15) is 0 Å². The fourth-order valence-corrected chi connectivity index (χ4v) is 2.46. The first-order chi connectivity index (χ1) is 9.21. The molecule has 1 saturated heterocycles. The van der Waals surface area contributed by atoms with Gasteiger partial charge in [0, 0.05) is 5.56 Å². The van der Waals surface area contributed by atoms with E-state index in [1.165, 1.54) is 0 Å². The Morgan fingerprint density at radius 3 is 2.79 bits per heavy atom. The van der Waals surface area contributed by atoms with Crippen LogP contribution in [-0.4, -0.2) is 24.4 Å². The van der Waals surface area contributed by atoms with Crippen molar-refractivity contribution < 1.29 is 14.2 Å². The first kappa shape index (κ1) is 12.6. The Balaban J connectivity index is 1.79. The first-order valence-electron chi connectivity index (χ1n) is 6.52. The van der Waals surface area contributed by atoms with E-state index in [0.29, 0.717) is 6.61 Å². The van der Waals surface area contributed by atoms with Gasteiger partial charge in [0.15, 0.2) is 6.29 Å². The van der Waals surface area contributed by atoms with Gasteiger partial charge in [-0.05, 0) is 6.92 Å². The van der Waals surface area contributed by atoms with Gasteiger partial charge in [0.25, 0.3) is 0 Å². The van der Waals surface area contributed by atoms with Crippen LogP contribution in [-0.2, 0) is 14.2 Å². The van der Waals surface area contributed by atoms with Crippen LogP contribution in [0.5, 0.6) is 0 Å². The van der Waals surface area contributed by atoms with Gasteiger partial charge < -0.3 is 14.2 Å². The van der Waals surface area contributed by atoms with Crippen LogP contribution in [0.4, 0.5) is 0 Å². The molecule has 100 valence electrons. The van der Waals surface area contributed by atoms with E-state index in [0.717, 1.165) is 5.56 Å². The molecule has 3 heteroatoms. The van der Waals surface area contributed by atoms with Gasteiger partial charge in [-0.25, -0.2) is 0 Å². The Morgan fingerprint density at radius 2 is 2.05 bits per heavy atom. The number of hydrogen-bond donors (Lipinski definition) is 0. The average molecular weight is 258 g/mol. The van der Waals surface area contributed by atoms with Gasteiger partial charge in [0.05, 0.1) is 12.7 Å². The molecular formula is C16H18O3. The highest BCUT2D eigenvalue weighted by Gasteiger charge is 2.44. The second-order valence-electron chi connectivity index (χ2n) is 5.13. The lowest BCUT2D eigenvalue weighted by atomic mass is 9.94. The van der Waals surface area contributed by atoms with Crippen molar-refractivity contribution in [2.24, 2.45) is 0 Å². The van der Waals surface area contributed by atoms with E-state index in [2.05, 4.69) is 6.58 Å². The fraction of sp³-hybridized carbons (Fsp3) is 0.375. The third kappa shape index (κ3) is 2.37. The SMILES string of the molecule is C=C[C@H]1C=C[C@@H]2O[C@H](c3ccccc3)OC[C@@]2(C)O1. The van der Waals surface area contributed by atoms with Crippen molar-refractivity contribution in [1.29, 1.82) is 0 Å². The number of ether oxygens (including phenoxy) is 3. The smallest absolute Gasteiger partial charge is 0.184 e. The monoisotopic (exact) mass is 258 g/mol. The Hall–Kier alpha value is -1.42. The van der Waals surface area contributed by atoms with Crippen molar-refractivity contribution in [3.63, 3.8) is 0 Å². The predicted octanol–water partition coefficient (Wildman–Crippen LogP) is 3.00. The standard InChI is InChI=1S/C16H18O3/c1-3-13-9-10-14-16(2,19-13)11-17-15(18-14)12-7-5-4-6-8-12/h3-10,13-15H,1,11H2,2H3/t13-,14-,15+,16+/m0/s1. The number of fused-ring (bicyclic) bond motifs is 1. The maximum absolute atomic E-state index is 6.00. The summed E-state index contributed by atoms with van der Waals surface area (Å²) in [4.78, 5) is 0. The molecule has 1 aromatic carbocycles. The molecule has 2 aliphatic rings. The van der Waals surface area contributed by atoms with Crippen LogP contribution in [0.3, 0.4) is 0 Å². The largest absolute Gasteiger partial charge is 0.358 e. The number of hydrogen-bond acceptors (Lipinski definition) is 3. The van der Waals surface area contributed by atoms with Gasteiger partial charge in [0.1, 0.15) is 11.7 Å². The topological polar surface area (TPSA) is 27.7 Å². The lowest BCUT2D eigenvalue weighted by molar-refractivity contribution is -0.294. The van der Waals surface area contributed by atoms with Crippen molar-refractivity contribution in [1.82, 2.24) is 0 Å². The van der Waals surface area contributed by atoms with E-state index in [4.69, 9.17) is 14.2 Å². The molecule has 2 aliphatic heterocycles. The maximum Gasteiger partial charge on any atom is 0.184 e. The van der Waals surface area contributed by atoms with E-state index >= 15 is 0 Å². The van der Waals surface area contributed by atoms with Crippen LogP contribution < -0.4 is 0 Å². The molecule has 0 radical (unpaired) electrons. The minimum Gasteiger partial charge on any atom is -0.358 e. The van der Waals surface area contributed by atoms with Gasteiger partial charge in [-0.15, -0.1) is 6.58 Å². The summed E-state index contributed by atoms with van der Waals surface area (Å²) in [5, 5.41) is 0. The molecule has 3 nitrogen and oxygen atoms in total. The Bertz CT molecular complexity index is 482. The van der Waals surface area contributed by atoms with Crippen molar-refractivity contribution in [2.45, 2.75) is 31.0 Å². The molecule has 1 fully saturated rings. The van der Waals surface area contributed by atoms with Crippen molar-refractivity contribution >= 4 is 0 Å². The zero-order chi connectivity index (χ0) is 13.3. The van der Waals surface area contributed by atoms with Gasteiger partial charge >= 0.3 is 0 Å². The highest BCUT2D eigenvalue weighted by atomic mass is 16.7. The summed E-state index contributed by atoms with van der Waals surface area (Å²) < 4.78 is 17.8. The molecule has 0 aromatic heterocycles. The quantitative estimate of drug-likeness (QED) is 0.763. The predicted molar refractivity (Wildman–Crippen MR) is 72.6 cm³/mol. The Labute approximate surface area is 113 Å².